The molecule has 0 saturated heterocycles. The Bertz CT molecular complexity index is 832. The maximum atomic E-state index is 14.0. The maximum absolute atomic E-state index is 14.0. The van der Waals surface area contributed by atoms with Crippen LogP contribution in [0.25, 0.3) is 0 Å². The third-order valence-electron chi connectivity index (χ3n) is 4.12. The van der Waals surface area contributed by atoms with Gasteiger partial charge in [-0.15, -0.1) is 0 Å². The van der Waals surface area contributed by atoms with Gasteiger partial charge in [0.2, 0.25) is 10.0 Å². The van der Waals surface area contributed by atoms with E-state index in [1.54, 1.807) is 0 Å². The molecule has 0 unspecified atom stereocenters. The maximum Gasteiger partial charge on any atom is 0.246 e. The van der Waals surface area contributed by atoms with Crippen LogP contribution in [0.2, 0.25) is 5.02 Å². The number of nitrogens with zero attached hydrogens (tertiary/aromatic N) is 2. The Morgan fingerprint density at radius 3 is 2.64 bits per heavy atom. The van der Waals surface area contributed by atoms with E-state index in [9.17, 15) is 12.8 Å². The Morgan fingerprint density at radius 2 is 1.95 bits per heavy atom. The molecule has 1 aliphatic rings. The molecule has 3 rings (SSSR count). The van der Waals surface area contributed by atoms with E-state index in [0.717, 1.165) is 17.5 Å². The number of aryl methyl sites for hydroxylation is 1. The summed E-state index contributed by atoms with van der Waals surface area (Å²) in [6, 6.07) is 7.17. The number of rotatable bonds is 2. The monoisotopic (exact) mass is 342 g/mol. The minimum Gasteiger partial charge on any atom is -0.346 e. The summed E-state index contributed by atoms with van der Waals surface area (Å²) >= 11 is 5.70. The van der Waals surface area contributed by atoms with E-state index >= 15 is 0 Å². The first-order chi connectivity index (χ1) is 10.3. The fourth-order valence-electron chi connectivity index (χ4n) is 2.94. The van der Waals surface area contributed by atoms with Crippen LogP contribution in [0, 0.1) is 12.7 Å². The van der Waals surface area contributed by atoms with E-state index in [1.165, 1.54) is 16.4 Å². The molecule has 0 saturated carbocycles. The molecule has 1 atom stereocenters. The number of fused-ring (bicyclic) bond motifs is 1. The molecule has 1 aromatic carbocycles. The Kier molecular flexibility index (Phi) is 3.79. The fourth-order valence-corrected chi connectivity index (χ4v) is 4.74. The van der Waals surface area contributed by atoms with Gasteiger partial charge in [-0.25, -0.2) is 12.8 Å². The molecule has 7 heteroatoms. The van der Waals surface area contributed by atoms with Crippen molar-refractivity contribution in [3.63, 3.8) is 0 Å². The van der Waals surface area contributed by atoms with Crippen molar-refractivity contribution in [3.8, 4) is 0 Å². The Labute approximate surface area is 134 Å². The fraction of sp³-hybridized carbons (Fsp3) is 0.333. The van der Waals surface area contributed by atoms with E-state index < -0.39 is 15.8 Å². The van der Waals surface area contributed by atoms with Crippen molar-refractivity contribution >= 4 is 21.6 Å². The minimum absolute atomic E-state index is 0.174. The van der Waals surface area contributed by atoms with Crippen molar-refractivity contribution in [2.24, 2.45) is 0 Å². The van der Waals surface area contributed by atoms with Crippen LogP contribution in [0.4, 0.5) is 4.39 Å². The summed E-state index contributed by atoms with van der Waals surface area (Å²) in [5, 5.41) is 0.174. The summed E-state index contributed by atoms with van der Waals surface area (Å²) < 4.78 is 43.0. The lowest BCUT2D eigenvalue weighted by Crippen LogP contribution is -2.41. The first kappa shape index (κ1) is 15.5. The summed E-state index contributed by atoms with van der Waals surface area (Å²) in [6.45, 7) is 4.68. The van der Waals surface area contributed by atoms with Gasteiger partial charge in [0.15, 0.2) is 0 Å². The van der Waals surface area contributed by atoms with Crippen LogP contribution in [-0.4, -0.2) is 23.8 Å². The van der Waals surface area contributed by atoms with Crippen LogP contribution >= 0.6 is 11.6 Å². The van der Waals surface area contributed by atoms with Crippen molar-refractivity contribution in [2.45, 2.75) is 31.3 Å². The molecule has 2 heterocycles. The lowest BCUT2D eigenvalue weighted by molar-refractivity contribution is 0.279. The predicted molar refractivity (Wildman–Crippen MR) is 82.9 cm³/mol. The predicted octanol–water partition coefficient (Wildman–Crippen LogP) is 3.35. The number of aromatic nitrogens is 1. The lowest BCUT2D eigenvalue weighted by Gasteiger charge is -2.34. The SMILES string of the molecule is Cc1ccc2n1CCN(S(=O)(=O)c1ccc(Cl)cc1F)[C@@H]2C. The van der Waals surface area contributed by atoms with Crippen LogP contribution in [0.1, 0.15) is 24.4 Å². The van der Waals surface area contributed by atoms with Crippen molar-refractivity contribution in [3.05, 3.63) is 52.6 Å². The summed E-state index contributed by atoms with van der Waals surface area (Å²) in [6.07, 6.45) is 0. The number of hydrogen-bond donors (Lipinski definition) is 0. The van der Waals surface area contributed by atoms with Gasteiger partial charge >= 0.3 is 0 Å². The third-order valence-corrected chi connectivity index (χ3v) is 6.36. The van der Waals surface area contributed by atoms with Crippen LogP contribution < -0.4 is 0 Å². The summed E-state index contributed by atoms with van der Waals surface area (Å²) in [5.41, 5.74) is 2.01. The zero-order chi connectivity index (χ0) is 16.1. The Balaban J connectivity index is 2.03. The molecule has 0 fully saturated rings. The van der Waals surface area contributed by atoms with Crippen molar-refractivity contribution in [1.82, 2.24) is 8.87 Å². The first-order valence-electron chi connectivity index (χ1n) is 6.95. The molecule has 118 valence electrons. The average molecular weight is 343 g/mol. The second kappa shape index (κ2) is 5.37. The summed E-state index contributed by atoms with van der Waals surface area (Å²) in [4.78, 5) is -0.333. The number of sulfonamides is 1. The highest BCUT2D eigenvalue weighted by Gasteiger charge is 2.35. The Morgan fingerprint density at radius 1 is 1.23 bits per heavy atom. The molecule has 0 radical (unpaired) electrons. The Hall–Kier alpha value is -1.37. The van der Waals surface area contributed by atoms with Gasteiger partial charge in [-0.3, -0.25) is 0 Å². The van der Waals surface area contributed by atoms with Gasteiger partial charge in [-0.1, -0.05) is 11.6 Å². The van der Waals surface area contributed by atoms with Crippen molar-refractivity contribution in [2.75, 3.05) is 6.54 Å². The minimum atomic E-state index is -3.91. The molecule has 4 nitrogen and oxygen atoms in total. The molecular formula is C15H16ClFN2O2S. The largest absolute Gasteiger partial charge is 0.346 e. The molecule has 0 amide bonds. The lowest BCUT2D eigenvalue weighted by atomic mass is 10.2. The molecular weight excluding hydrogens is 327 g/mol. The van der Waals surface area contributed by atoms with E-state index in [2.05, 4.69) is 4.57 Å². The number of benzene rings is 1. The quantitative estimate of drug-likeness (QED) is 0.840. The third kappa shape index (κ3) is 2.35. The van der Waals surface area contributed by atoms with E-state index in [-0.39, 0.29) is 16.0 Å². The molecule has 0 bridgehead atoms. The highest BCUT2D eigenvalue weighted by atomic mass is 35.5. The van der Waals surface area contributed by atoms with Crippen LogP contribution in [0.3, 0.4) is 0 Å². The molecule has 0 spiro atoms. The second-order valence-corrected chi connectivity index (χ2v) is 7.71. The van der Waals surface area contributed by atoms with Crippen molar-refractivity contribution < 1.29 is 12.8 Å². The average Bonchev–Trinajstić information content (AvgIpc) is 2.81. The topological polar surface area (TPSA) is 42.3 Å². The highest BCUT2D eigenvalue weighted by Crippen LogP contribution is 2.33. The molecule has 2 aromatic rings. The highest BCUT2D eigenvalue weighted by molar-refractivity contribution is 7.89. The standard InChI is InChI=1S/C15H16ClFN2O2S/c1-10-3-5-14-11(2)19(8-7-18(10)14)22(20,21)15-6-4-12(16)9-13(15)17/h3-6,9,11H,7-8H2,1-2H3/t11-/m1/s1. The van der Waals surface area contributed by atoms with Crippen LogP contribution in [0.5, 0.6) is 0 Å². The van der Waals surface area contributed by atoms with E-state index in [0.29, 0.717) is 13.1 Å². The molecule has 0 N–H and O–H groups in total. The number of halogens is 2. The van der Waals surface area contributed by atoms with E-state index in [1.807, 2.05) is 26.0 Å². The van der Waals surface area contributed by atoms with Gasteiger partial charge in [0.25, 0.3) is 0 Å². The second-order valence-electron chi connectivity index (χ2n) is 5.42. The number of hydrogen-bond acceptors (Lipinski definition) is 2. The van der Waals surface area contributed by atoms with Gasteiger partial charge < -0.3 is 4.57 Å². The van der Waals surface area contributed by atoms with Gasteiger partial charge in [-0.05, 0) is 44.2 Å². The first-order valence-corrected chi connectivity index (χ1v) is 8.77. The molecule has 22 heavy (non-hydrogen) atoms. The van der Waals surface area contributed by atoms with Crippen LogP contribution in [-0.2, 0) is 16.6 Å². The summed E-state index contributed by atoms with van der Waals surface area (Å²) in [7, 11) is -3.91. The summed E-state index contributed by atoms with van der Waals surface area (Å²) in [5.74, 6) is -0.822. The van der Waals surface area contributed by atoms with Gasteiger partial charge in [0.1, 0.15) is 10.7 Å². The van der Waals surface area contributed by atoms with E-state index in [4.69, 9.17) is 11.6 Å². The zero-order valence-corrected chi connectivity index (χ0v) is 13.8. The zero-order valence-electron chi connectivity index (χ0n) is 12.3. The smallest absolute Gasteiger partial charge is 0.246 e. The molecule has 1 aliphatic heterocycles. The van der Waals surface area contributed by atoms with Crippen LogP contribution in [0.15, 0.2) is 35.2 Å². The van der Waals surface area contributed by atoms with Gasteiger partial charge in [0, 0.05) is 29.5 Å². The van der Waals surface area contributed by atoms with Crippen molar-refractivity contribution in [1.29, 1.82) is 0 Å². The normalized spacial score (nSPS) is 19.2. The van der Waals surface area contributed by atoms with Gasteiger partial charge in [0.05, 0.1) is 6.04 Å². The molecule has 1 aromatic heterocycles. The van der Waals surface area contributed by atoms with Gasteiger partial charge in [-0.2, -0.15) is 4.31 Å². The molecule has 0 aliphatic carbocycles.